The number of benzene rings is 2. The summed E-state index contributed by atoms with van der Waals surface area (Å²) in [6, 6.07) is 13.4. The Balaban J connectivity index is 1.86. The number of carbonyl (C=O) groups excluding carboxylic acids is 1. The van der Waals surface area contributed by atoms with Crippen LogP contribution >= 0.6 is 11.8 Å². The summed E-state index contributed by atoms with van der Waals surface area (Å²) in [7, 11) is 1.61. The van der Waals surface area contributed by atoms with Crippen molar-refractivity contribution in [2.75, 3.05) is 7.11 Å². The molecule has 3 aromatic rings. The molecule has 3 rings (SSSR count). The largest absolute Gasteiger partial charge is 0.494 e. The lowest BCUT2D eigenvalue weighted by Crippen LogP contribution is -2.15. The minimum absolute atomic E-state index is 0.0424. The molecule has 134 valence electrons. The van der Waals surface area contributed by atoms with E-state index in [-0.39, 0.29) is 11.0 Å². The predicted octanol–water partition coefficient (Wildman–Crippen LogP) is 3.65. The Morgan fingerprint density at radius 3 is 2.50 bits per heavy atom. The topological polar surface area (TPSA) is 69.9 Å². The van der Waals surface area contributed by atoms with Crippen molar-refractivity contribution in [2.24, 2.45) is 0 Å². The summed E-state index contributed by atoms with van der Waals surface area (Å²) >= 11 is 1.33. The lowest BCUT2D eigenvalue weighted by atomic mass is 10.1. The highest BCUT2D eigenvalue weighted by atomic mass is 32.2. The summed E-state index contributed by atoms with van der Waals surface area (Å²) in [5.74, 6) is 0.711. The highest BCUT2D eigenvalue weighted by Gasteiger charge is 2.21. The van der Waals surface area contributed by atoms with Gasteiger partial charge in [0.25, 0.3) is 0 Å². The molecule has 7 heteroatoms. The molecule has 0 spiro atoms. The van der Waals surface area contributed by atoms with E-state index in [0.29, 0.717) is 16.5 Å². The lowest BCUT2D eigenvalue weighted by Gasteiger charge is -2.12. The fraction of sp³-hybridized carbons (Fsp3) is 0.263. The van der Waals surface area contributed by atoms with Gasteiger partial charge in [0.15, 0.2) is 5.78 Å². The highest BCUT2D eigenvalue weighted by Crippen LogP contribution is 2.29. The van der Waals surface area contributed by atoms with Crippen LogP contribution < -0.4 is 4.74 Å². The van der Waals surface area contributed by atoms with Crippen molar-refractivity contribution >= 4 is 17.5 Å². The molecular weight excluding hydrogens is 348 g/mol. The third kappa shape index (κ3) is 3.77. The van der Waals surface area contributed by atoms with Gasteiger partial charge in [0.1, 0.15) is 11.4 Å². The van der Waals surface area contributed by atoms with E-state index in [0.717, 1.165) is 16.8 Å². The standard InChI is InChI=1S/C19H20N4O2S/c1-12-5-8-15(9-6-12)18(24)14(3)26-19-20-21-22-23(19)16-11-13(2)7-10-17(16)25-4/h5-11,14H,1-4H3/t14-/m0/s1. The SMILES string of the molecule is COc1ccc(C)cc1-n1nnnc1S[C@@H](C)C(=O)c1ccc(C)cc1. The summed E-state index contributed by atoms with van der Waals surface area (Å²) < 4.78 is 7.03. The maximum Gasteiger partial charge on any atom is 0.214 e. The van der Waals surface area contributed by atoms with E-state index in [1.54, 1.807) is 11.8 Å². The average molecular weight is 368 g/mol. The number of Topliss-reactive ketones (excluding diaryl/α,β-unsaturated/α-hetero) is 1. The van der Waals surface area contributed by atoms with Crippen LogP contribution in [0.3, 0.4) is 0 Å². The van der Waals surface area contributed by atoms with Crippen LogP contribution in [-0.2, 0) is 0 Å². The van der Waals surface area contributed by atoms with Crippen LogP contribution in [0.2, 0.25) is 0 Å². The molecule has 1 heterocycles. The number of hydrogen-bond donors (Lipinski definition) is 0. The molecule has 0 unspecified atom stereocenters. The number of nitrogens with zero attached hydrogens (tertiary/aromatic N) is 4. The zero-order valence-corrected chi connectivity index (χ0v) is 15.9. The van der Waals surface area contributed by atoms with E-state index in [4.69, 9.17) is 4.74 Å². The number of hydrogen-bond acceptors (Lipinski definition) is 6. The Bertz CT molecular complexity index is 922. The fourth-order valence-corrected chi connectivity index (χ4v) is 3.41. The Morgan fingerprint density at radius 2 is 1.81 bits per heavy atom. The number of methoxy groups -OCH3 is 1. The molecule has 0 aliphatic heterocycles. The molecule has 0 radical (unpaired) electrons. The lowest BCUT2D eigenvalue weighted by molar-refractivity contribution is 0.0994. The number of aromatic nitrogens is 4. The van der Waals surface area contributed by atoms with Crippen LogP contribution in [0.25, 0.3) is 5.69 Å². The highest BCUT2D eigenvalue weighted by molar-refractivity contribution is 8.00. The number of thioether (sulfide) groups is 1. The van der Waals surface area contributed by atoms with Crippen molar-refractivity contribution in [1.82, 2.24) is 20.2 Å². The van der Waals surface area contributed by atoms with Crippen LogP contribution in [0, 0.1) is 13.8 Å². The van der Waals surface area contributed by atoms with Gasteiger partial charge >= 0.3 is 0 Å². The zero-order valence-electron chi connectivity index (χ0n) is 15.1. The Morgan fingerprint density at radius 1 is 1.12 bits per heavy atom. The first-order valence-corrected chi connectivity index (χ1v) is 9.08. The average Bonchev–Trinajstić information content (AvgIpc) is 3.09. The molecule has 6 nitrogen and oxygen atoms in total. The molecule has 26 heavy (non-hydrogen) atoms. The second-order valence-electron chi connectivity index (χ2n) is 6.04. The maximum atomic E-state index is 12.7. The molecule has 0 aliphatic rings. The number of carbonyl (C=O) groups is 1. The molecule has 0 saturated heterocycles. The van der Waals surface area contributed by atoms with Crippen molar-refractivity contribution in [2.45, 2.75) is 31.2 Å². The zero-order chi connectivity index (χ0) is 18.7. The van der Waals surface area contributed by atoms with Crippen molar-refractivity contribution in [3.8, 4) is 11.4 Å². The van der Waals surface area contributed by atoms with Gasteiger partial charge in [-0.05, 0) is 48.9 Å². The third-order valence-electron chi connectivity index (χ3n) is 3.99. The van der Waals surface area contributed by atoms with E-state index < -0.39 is 0 Å². The molecule has 0 N–H and O–H groups in total. The summed E-state index contributed by atoms with van der Waals surface area (Å²) in [5.41, 5.74) is 3.62. The summed E-state index contributed by atoms with van der Waals surface area (Å²) in [6.07, 6.45) is 0. The van der Waals surface area contributed by atoms with Crippen molar-refractivity contribution < 1.29 is 9.53 Å². The predicted molar refractivity (Wildman–Crippen MR) is 101 cm³/mol. The number of ether oxygens (including phenoxy) is 1. The second kappa shape index (κ2) is 7.70. The van der Waals surface area contributed by atoms with Gasteiger partial charge in [-0.15, -0.1) is 5.10 Å². The van der Waals surface area contributed by atoms with E-state index in [9.17, 15) is 4.79 Å². The van der Waals surface area contributed by atoms with Gasteiger partial charge in [0, 0.05) is 5.56 Å². The van der Waals surface area contributed by atoms with Crippen molar-refractivity contribution in [3.63, 3.8) is 0 Å². The summed E-state index contributed by atoms with van der Waals surface area (Å²) in [4.78, 5) is 12.7. The number of tetrazole rings is 1. The minimum atomic E-state index is -0.321. The van der Waals surface area contributed by atoms with E-state index in [2.05, 4.69) is 15.5 Å². The molecule has 0 bridgehead atoms. The second-order valence-corrected chi connectivity index (χ2v) is 7.35. The molecule has 1 aromatic heterocycles. The smallest absolute Gasteiger partial charge is 0.214 e. The van der Waals surface area contributed by atoms with Gasteiger partial charge in [-0.2, -0.15) is 4.68 Å². The Labute approximate surface area is 156 Å². The molecule has 0 saturated carbocycles. The van der Waals surface area contributed by atoms with Gasteiger partial charge in [-0.1, -0.05) is 47.7 Å². The fourth-order valence-electron chi connectivity index (χ4n) is 2.53. The van der Waals surface area contributed by atoms with Gasteiger partial charge in [-0.25, -0.2) is 0 Å². The quantitative estimate of drug-likeness (QED) is 0.489. The normalized spacial score (nSPS) is 12.0. The van der Waals surface area contributed by atoms with Crippen LogP contribution in [0.4, 0.5) is 0 Å². The van der Waals surface area contributed by atoms with E-state index >= 15 is 0 Å². The van der Waals surface area contributed by atoms with Crippen LogP contribution in [0.1, 0.15) is 28.4 Å². The first-order chi connectivity index (χ1) is 12.5. The van der Waals surface area contributed by atoms with E-state index in [1.807, 2.05) is 63.2 Å². The molecule has 0 aliphatic carbocycles. The van der Waals surface area contributed by atoms with E-state index in [1.165, 1.54) is 11.8 Å². The van der Waals surface area contributed by atoms with Crippen LogP contribution in [0.15, 0.2) is 47.6 Å². The molecular formula is C19H20N4O2S. The molecule has 2 aromatic carbocycles. The maximum absolute atomic E-state index is 12.7. The third-order valence-corrected chi connectivity index (χ3v) is 5.02. The van der Waals surface area contributed by atoms with Crippen LogP contribution in [0.5, 0.6) is 5.75 Å². The van der Waals surface area contributed by atoms with Crippen molar-refractivity contribution in [1.29, 1.82) is 0 Å². The Kier molecular flexibility index (Phi) is 5.37. The van der Waals surface area contributed by atoms with Crippen LogP contribution in [-0.4, -0.2) is 38.4 Å². The summed E-state index contributed by atoms with van der Waals surface area (Å²) in [6.45, 7) is 5.85. The van der Waals surface area contributed by atoms with Gasteiger partial charge in [-0.3, -0.25) is 4.79 Å². The summed E-state index contributed by atoms with van der Waals surface area (Å²) in [5, 5.41) is 12.2. The Hall–Kier alpha value is -2.67. The minimum Gasteiger partial charge on any atom is -0.494 e. The molecule has 1 atom stereocenters. The van der Waals surface area contributed by atoms with Gasteiger partial charge < -0.3 is 4.74 Å². The van der Waals surface area contributed by atoms with Crippen molar-refractivity contribution in [3.05, 3.63) is 59.2 Å². The first kappa shape index (κ1) is 18.1. The number of rotatable bonds is 6. The first-order valence-electron chi connectivity index (χ1n) is 8.20. The van der Waals surface area contributed by atoms with Gasteiger partial charge in [0.05, 0.1) is 12.4 Å². The molecule has 0 amide bonds. The molecule has 0 fully saturated rings. The number of aryl methyl sites for hydroxylation is 2. The van der Waals surface area contributed by atoms with Gasteiger partial charge in [0.2, 0.25) is 5.16 Å². The monoisotopic (exact) mass is 368 g/mol. The number of ketones is 1.